The molecule has 0 radical (unpaired) electrons. The lowest BCUT2D eigenvalue weighted by Crippen LogP contribution is -2.10. The number of aryl methyl sites for hydroxylation is 2. The van der Waals surface area contributed by atoms with Crippen molar-refractivity contribution in [1.29, 1.82) is 0 Å². The van der Waals surface area contributed by atoms with Gasteiger partial charge < -0.3 is 5.32 Å². The topological polar surface area (TPSA) is 24.9 Å². The molecule has 5 heteroatoms. The zero-order valence-corrected chi connectivity index (χ0v) is 12.0. The van der Waals surface area contributed by atoms with Crippen LogP contribution in [0.4, 0.5) is 10.1 Å². The van der Waals surface area contributed by atoms with Gasteiger partial charge in [-0.15, -0.1) is 11.3 Å². The highest BCUT2D eigenvalue weighted by molar-refractivity contribution is 7.11. The second-order valence-corrected chi connectivity index (χ2v) is 5.95. The summed E-state index contributed by atoms with van der Waals surface area (Å²) in [5.41, 5.74) is 1.27. The number of nitrogens with zero attached hydrogens (tertiary/aromatic N) is 1. The standard InChI is InChI=1S/C13H14ClFN2S/c1-7(12-8(2)18-9(3)17-12)16-13-10(14)5-4-6-11(13)15/h4-7,16H,1-3H3. The summed E-state index contributed by atoms with van der Waals surface area (Å²) in [5, 5.41) is 4.48. The number of anilines is 1. The normalized spacial score (nSPS) is 12.5. The fourth-order valence-electron chi connectivity index (χ4n) is 1.87. The maximum atomic E-state index is 13.7. The first kappa shape index (κ1) is 13.3. The predicted octanol–water partition coefficient (Wildman–Crippen LogP) is 4.73. The largest absolute Gasteiger partial charge is 0.373 e. The van der Waals surface area contributed by atoms with E-state index in [9.17, 15) is 4.39 Å². The average Bonchev–Trinajstić information content (AvgIpc) is 2.63. The Kier molecular flexibility index (Phi) is 3.88. The highest BCUT2D eigenvalue weighted by atomic mass is 35.5. The molecule has 96 valence electrons. The van der Waals surface area contributed by atoms with Crippen molar-refractivity contribution < 1.29 is 4.39 Å². The molecular weight excluding hydrogens is 271 g/mol. The van der Waals surface area contributed by atoms with Crippen LogP contribution in [0.3, 0.4) is 0 Å². The van der Waals surface area contributed by atoms with Gasteiger partial charge in [-0.3, -0.25) is 0 Å². The molecule has 1 aromatic carbocycles. The van der Waals surface area contributed by atoms with Gasteiger partial charge in [0.2, 0.25) is 0 Å². The molecule has 1 N–H and O–H groups in total. The van der Waals surface area contributed by atoms with Crippen molar-refractivity contribution in [2.24, 2.45) is 0 Å². The van der Waals surface area contributed by atoms with E-state index in [0.717, 1.165) is 15.6 Å². The molecule has 0 aliphatic rings. The number of benzene rings is 1. The van der Waals surface area contributed by atoms with E-state index in [-0.39, 0.29) is 11.9 Å². The SMILES string of the molecule is Cc1nc(C(C)Nc2c(F)cccc2Cl)c(C)s1. The second-order valence-electron chi connectivity index (χ2n) is 4.14. The summed E-state index contributed by atoms with van der Waals surface area (Å²) in [5.74, 6) is -0.348. The zero-order valence-electron chi connectivity index (χ0n) is 10.4. The molecule has 2 nitrogen and oxygen atoms in total. The van der Waals surface area contributed by atoms with Crippen molar-refractivity contribution in [2.45, 2.75) is 26.8 Å². The lowest BCUT2D eigenvalue weighted by molar-refractivity contribution is 0.627. The van der Waals surface area contributed by atoms with Gasteiger partial charge in [-0.25, -0.2) is 9.37 Å². The molecule has 1 aromatic heterocycles. The van der Waals surface area contributed by atoms with Gasteiger partial charge in [0, 0.05) is 4.88 Å². The van der Waals surface area contributed by atoms with Gasteiger partial charge in [-0.05, 0) is 32.9 Å². The van der Waals surface area contributed by atoms with Crippen LogP contribution >= 0.6 is 22.9 Å². The molecule has 0 saturated heterocycles. The molecule has 0 amide bonds. The molecule has 1 heterocycles. The summed E-state index contributed by atoms with van der Waals surface area (Å²) in [7, 11) is 0. The van der Waals surface area contributed by atoms with E-state index in [1.165, 1.54) is 6.07 Å². The molecule has 18 heavy (non-hydrogen) atoms. The molecule has 1 unspecified atom stereocenters. The van der Waals surface area contributed by atoms with E-state index in [0.29, 0.717) is 10.7 Å². The van der Waals surface area contributed by atoms with Gasteiger partial charge in [-0.1, -0.05) is 17.7 Å². The third-order valence-electron chi connectivity index (χ3n) is 2.67. The van der Waals surface area contributed by atoms with Gasteiger partial charge in [0.25, 0.3) is 0 Å². The molecule has 0 aliphatic heterocycles. The lowest BCUT2D eigenvalue weighted by Gasteiger charge is -2.16. The summed E-state index contributed by atoms with van der Waals surface area (Å²) >= 11 is 7.62. The van der Waals surface area contributed by atoms with Crippen LogP contribution in [0, 0.1) is 19.7 Å². The van der Waals surface area contributed by atoms with Gasteiger partial charge >= 0.3 is 0 Å². The second kappa shape index (κ2) is 5.24. The fraction of sp³-hybridized carbons (Fsp3) is 0.308. The Labute approximate surface area is 115 Å². The van der Waals surface area contributed by atoms with Crippen LogP contribution in [0.25, 0.3) is 0 Å². The Morgan fingerprint density at radius 3 is 2.67 bits per heavy atom. The average molecular weight is 285 g/mol. The van der Waals surface area contributed by atoms with Crippen LogP contribution < -0.4 is 5.32 Å². The fourth-order valence-corrected chi connectivity index (χ4v) is 3.00. The molecular formula is C13H14ClFN2S. The summed E-state index contributed by atoms with van der Waals surface area (Å²) in [6.45, 7) is 5.93. The van der Waals surface area contributed by atoms with Crippen LogP contribution in [0.5, 0.6) is 0 Å². The van der Waals surface area contributed by atoms with Crippen molar-refractivity contribution >= 4 is 28.6 Å². The number of hydrogen-bond donors (Lipinski definition) is 1. The van der Waals surface area contributed by atoms with E-state index in [1.807, 2.05) is 20.8 Å². The molecule has 2 rings (SSSR count). The van der Waals surface area contributed by atoms with Gasteiger partial charge in [0.15, 0.2) is 0 Å². The van der Waals surface area contributed by atoms with Crippen LogP contribution in [-0.2, 0) is 0 Å². The minimum atomic E-state index is -0.348. The number of thiazole rings is 1. The Balaban J connectivity index is 2.26. The number of rotatable bonds is 3. The van der Waals surface area contributed by atoms with E-state index >= 15 is 0 Å². The maximum Gasteiger partial charge on any atom is 0.147 e. The third kappa shape index (κ3) is 2.65. The summed E-state index contributed by atoms with van der Waals surface area (Å²) in [6.07, 6.45) is 0. The number of hydrogen-bond acceptors (Lipinski definition) is 3. The first-order valence-corrected chi connectivity index (χ1v) is 6.83. The van der Waals surface area contributed by atoms with Crippen LogP contribution in [0.2, 0.25) is 5.02 Å². The quantitative estimate of drug-likeness (QED) is 0.882. The minimum absolute atomic E-state index is 0.0793. The monoisotopic (exact) mass is 284 g/mol. The van der Waals surface area contributed by atoms with Crippen molar-refractivity contribution in [2.75, 3.05) is 5.32 Å². The van der Waals surface area contributed by atoms with E-state index in [4.69, 9.17) is 11.6 Å². The van der Waals surface area contributed by atoms with E-state index in [2.05, 4.69) is 10.3 Å². The molecule has 0 fully saturated rings. The van der Waals surface area contributed by atoms with Crippen LogP contribution in [0.1, 0.15) is 28.5 Å². The molecule has 0 spiro atoms. The smallest absolute Gasteiger partial charge is 0.147 e. The summed E-state index contributed by atoms with van der Waals surface area (Å²) < 4.78 is 13.7. The first-order valence-electron chi connectivity index (χ1n) is 5.63. The highest BCUT2D eigenvalue weighted by Crippen LogP contribution is 2.30. The third-order valence-corrected chi connectivity index (χ3v) is 3.89. The van der Waals surface area contributed by atoms with E-state index < -0.39 is 0 Å². The minimum Gasteiger partial charge on any atom is -0.373 e. The highest BCUT2D eigenvalue weighted by Gasteiger charge is 2.16. The first-order chi connectivity index (χ1) is 8.49. The Morgan fingerprint density at radius 2 is 2.11 bits per heavy atom. The number of halogens is 2. The summed E-state index contributed by atoms with van der Waals surface area (Å²) in [6, 6.07) is 4.56. The molecule has 0 saturated carbocycles. The van der Waals surface area contributed by atoms with Crippen molar-refractivity contribution in [1.82, 2.24) is 4.98 Å². The molecule has 0 bridgehead atoms. The zero-order chi connectivity index (χ0) is 13.3. The molecule has 0 aliphatic carbocycles. The van der Waals surface area contributed by atoms with Gasteiger partial charge in [0.05, 0.1) is 27.5 Å². The summed E-state index contributed by atoms with van der Waals surface area (Å²) in [4.78, 5) is 5.59. The van der Waals surface area contributed by atoms with Crippen LogP contribution in [0.15, 0.2) is 18.2 Å². The van der Waals surface area contributed by atoms with Crippen LogP contribution in [-0.4, -0.2) is 4.98 Å². The van der Waals surface area contributed by atoms with E-state index in [1.54, 1.807) is 23.5 Å². The van der Waals surface area contributed by atoms with Crippen molar-refractivity contribution in [3.05, 3.63) is 44.6 Å². The van der Waals surface area contributed by atoms with Gasteiger partial charge in [-0.2, -0.15) is 0 Å². The Hall–Kier alpha value is -1.13. The number of para-hydroxylation sites is 1. The lowest BCUT2D eigenvalue weighted by atomic mass is 10.2. The van der Waals surface area contributed by atoms with Crippen molar-refractivity contribution in [3.63, 3.8) is 0 Å². The predicted molar refractivity (Wildman–Crippen MR) is 75.0 cm³/mol. The number of aromatic nitrogens is 1. The molecule has 1 atom stereocenters. The molecule has 2 aromatic rings. The van der Waals surface area contributed by atoms with Gasteiger partial charge in [0.1, 0.15) is 5.82 Å². The van der Waals surface area contributed by atoms with Crippen molar-refractivity contribution in [3.8, 4) is 0 Å². The Bertz CT molecular complexity index is 548. The maximum absolute atomic E-state index is 13.7. The number of nitrogens with one attached hydrogen (secondary N) is 1. The Morgan fingerprint density at radius 1 is 1.39 bits per heavy atom.